The van der Waals surface area contributed by atoms with E-state index in [0.717, 1.165) is 80.9 Å². The Labute approximate surface area is 648 Å². The second-order valence-electron chi connectivity index (χ2n) is 26.4. The minimum atomic E-state index is -0.400. The van der Waals surface area contributed by atoms with Gasteiger partial charge in [-0.1, -0.05) is 150 Å². The Morgan fingerprint density at radius 2 is 0.815 bits per heavy atom. The number of likely N-dealkylation sites (tertiary alicyclic amines) is 3. The summed E-state index contributed by atoms with van der Waals surface area (Å²) in [6.45, 7) is 5.70. The Morgan fingerprint density at radius 1 is 0.472 bits per heavy atom. The molecule has 0 spiro atoms. The van der Waals surface area contributed by atoms with E-state index in [9.17, 15) is 33.6 Å². The van der Waals surface area contributed by atoms with Crippen molar-refractivity contribution >= 4 is 102 Å². The highest BCUT2D eigenvalue weighted by Gasteiger charge is 2.35. The molecule has 0 saturated carbocycles. The van der Waals surface area contributed by atoms with E-state index in [1.54, 1.807) is 110 Å². The van der Waals surface area contributed by atoms with Crippen molar-refractivity contribution in [1.82, 2.24) is 90.3 Å². The number of aryl methyl sites for hydroxylation is 3. The molecule has 9 N–H and O–H groups in total. The predicted molar refractivity (Wildman–Crippen MR) is 415 cm³/mol. The van der Waals surface area contributed by atoms with E-state index < -0.39 is 6.03 Å². The first-order chi connectivity index (χ1) is 52.1. The molecule has 0 aliphatic carbocycles. The fourth-order valence-corrected chi connectivity index (χ4v) is 14.5. The molecule has 29 nitrogen and oxygen atoms in total. The van der Waals surface area contributed by atoms with Gasteiger partial charge in [-0.25, -0.2) is 14.4 Å². The third-order valence-corrected chi connectivity index (χ3v) is 20.2. The third-order valence-electron chi connectivity index (χ3n) is 18.4. The molecule has 568 valence electrons. The number of nitrogens with one attached hydrogen (secondary N) is 3. The predicted octanol–water partition coefficient (Wildman–Crippen LogP) is 10.0. The lowest BCUT2D eigenvalue weighted by molar-refractivity contribution is -0.143. The Balaban J connectivity index is 0.000000174. The van der Waals surface area contributed by atoms with E-state index in [2.05, 4.69) is 78.7 Å². The van der Waals surface area contributed by atoms with Crippen molar-refractivity contribution < 1.29 is 38.3 Å². The number of hydrogen-bond donors (Lipinski definition) is 6. The topological polar surface area (TPSA) is 354 Å². The number of amides is 9. The fraction of sp³-hybridized carbons (Fsp3) is 0.355. The van der Waals surface area contributed by atoms with E-state index in [1.165, 1.54) is 0 Å². The number of aromatic nitrogens is 9. The lowest BCUT2D eigenvalue weighted by atomic mass is 10.0. The maximum atomic E-state index is 13.3. The smallest absolute Gasteiger partial charge is 0.318 e. The summed E-state index contributed by atoms with van der Waals surface area (Å²) in [7, 11) is 3.54. The first-order valence-corrected chi connectivity index (χ1v) is 37.6. The zero-order valence-electron chi connectivity index (χ0n) is 60.5. The molecule has 3 aliphatic rings. The number of carbonyl (C=O) groups is 7. The van der Waals surface area contributed by atoms with Gasteiger partial charge in [0.15, 0.2) is 0 Å². The van der Waals surface area contributed by atoms with Crippen LogP contribution < -0.4 is 33.2 Å². The molecule has 3 aliphatic heterocycles. The summed E-state index contributed by atoms with van der Waals surface area (Å²) in [5.74, 6) is -0.682. The van der Waals surface area contributed by atoms with Gasteiger partial charge in [-0.15, -0.1) is 15.3 Å². The van der Waals surface area contributed by atoms with E-state index in [-0.39, 0.29) is 106 Å². The number of rotatable bonds is 25. The van der Waals surface area contributed by atoms with Crippen molar-refractivity contribution in [3.8, 4) is 0 Å². The van der Waals surface area contributed by atoms with E-state index in [0.29, 0.717) is 85.0 Å². The molecule has 3 atom stereocenters. The average molecular weight is 1620 g/mol. The summed E-state index contributed by atoms with van der Waals surface area (Å²) in [4.78, 5) is 101. The van der Waals surface area contributed by atoms with Crippen LogP contribution in [-0.4, -0.2) is 162 Å². The van der Waals surface area contributed by atoms with Gasteiger partial charge in [-0.05, 0) is 133 Å². The number of nitrogens with two attached hydrogens (primary N) is 3. The zero-order chi connectivity index (χ0) is 76.6. The molecular weight excluding hydrogens is 1530 g/mol. The minimum Gasteiger partial charge on any atom is -0.466 e. The molecule has 9 aromatic rings. The molecule has 3 fully saturated rings. The van der Waals surface area contributed by atoms with Gasteiger partial charge in [-0.3, -0.25) is 33.2 Å². The Kier molecular flexibility index (Phi) is 28.8. The first kappa shape index (κ1) is 79.6. The van der Waals surface area contributed by atoms with E-state index >= 15 is 0 Å². The minimum absolute atomic E-state index is 0.00505. The maximum Gasteiger partial charge on any atom is 0.318 e. The Morgan fingerprint density at radius 3 is 1.17 bits per heavy atom. The molecule has 2 unspecified atom stereocenters. The van der Waals surface area contributed by atoms with Crippen LogP contribution in [0, 0.1) is 0 Å². The summed E-state index contributed by atoms with van der Waals surface area (Å²) < 4.78 is 11.6. The van der Waals surface area contributed by atoms with Crippen molar-refractivity contribution in [2.24, 2.45) is 14.1 Å². The van der Waals surface area contributed by atoms with Crippen LogP contribution in [0.1, 0.15) is 120 Å². The number of benzene rings is 6. The third kappa shape index (κ3) is 22.8. The fourth-order valence-electron chi connectivity index (χ4n) is 13.1. The van der Waals surface area contributed by atoms with E-state index in [4.69, 9.17) is 33.5 Å². The van der Waals surface area contributed by atoms with Crippen molar-refractivity contribution in [2.75, 3.05) is 63.1 Å². The van der Waals surface area contributed by atoms with Gasteiger partial charge >= 0.3 is 24.1 Å². The number of esters is 1. The Hall–Kier alpha value is -10.9. The molecule has 12 rings (SSSR count). The summed E-state index contributed by atoms with van der Waals surface area (Å²) >= 11 is 13.6. The molecule has 3 saturated heterocycles. The van der Waals surface area contributed by atoms with Crippen LogP contribution in [0.5, 0.6) is 0 Å². The summed E-state index contributed by atoms with van der Waals surface area (Å²) in [6.07, 6.45) is 10.7. The maximum absolute atomic E-state index is 13.3. The highest BCUT2D eigenvalue weighted by atomic mass is 79.9. The van der Waals surface area contributed by atoms with Crippen LogP contribution in [0.15, 0.2) is 173 Å². The van der Waals surface area contributed by atoms with Gasteiger partial charge in [0.25, 0.3) is 0 Å². The second-order valence-corrected chi connectivity index (χ2v) is 28.5. The van der Waals surface area contributed by atoms with Crippen molar-refractivity contribution in [2.45, 2.75) is 116 Å². The van der Waals surface area contributed by atoms with Crippen LogP contribution >= 0.6 is 43.5 Å². The molecule has 9 amide bonds. The number of hydrogen-bond acceptors (Lipinski definition) is 17. The molecule has 6 aromatic carbocycles. The van der Waals surface area contributed by atoms with Gasteiger partial charge in [0.2, 0.25) is 17.7 Å². The van der Waals surface area contributed by atoms with Crippen LogP contribution in [0.2, 0.25) is 5.02 Å². The highest BCUT2D eigenvalue weighted by Crippen LogP contribution is 2.38. The monoisotopic (exact) mass is 1620 g/mol. The zero-order valence-corrected chi connectivity index (χ0v) is 64.4. The van der Waals surface area contributed by atoms with Crippen molar-refractivity contribution in [1.29, 1.82) is 0 Å². The van der Waals surface area contributed by atoms with Crippen LogP contribution in [0.3, 0.4) is 0 Å². The summed E-state index contributed by atoms with van der Waals surface area (Å²) in [6, 6.07) is 44.2. The molecule has 6 heterocycles. The summed E-state index contributed by atoms with van der Waals surface area (Å²) in [5, 5.41) is 33.4. The normalized spacial score (nSPS) is 15.1. The van der Waals surface area contributed by atoms with Crippen molar-refractivity contribution in [3.05, 3.63) is 229 Å². The van der Waals surface area contributed by atoms with Crippen LogP contribution in [0.4, 0.5) is 31.4 Å². The molecule has 32 heteroatoms. The van der Waals surface area contributed by atoms with Gasteiger partial charge in [0, 0.05) is 96.8 Å². The largest absolute Gasteiger partial charge is 0.466 e. The number of nitrogen functional groups attached to an aromatic ring is 3. The Bertz CT molecular complexity index is 4320. The second kappa shape index (κ2) is 39.1. The highest BCUT2D eigenvalue weighted by molar-refractivity contribution is 9.10. The SMILES string of the molecule is CCOC(=O)CCn1cc(CN(Cc2ccc(N)cc2)C(=O)NCC(=O)N2CCCC2c2ccccc2Br)nn1.Cn1cc(CN(Cc2ccc(N)cc2)C(=O)NCC(=O)N2CCCC2c2ccccc2Cl)nn1.Cn1cc(CN(Cc2ccc(N)cc2)C(=O)NCC(=O)N2CCC[C@H]2c2ccccc2Br)nn1. The first-order valence-electron chi connectivity index (χ1n) is 35.6. The molecule has 108 heavy (non-hydrogen) atoms. The standard InChI is InChI=1S/C28H34BrN7O4.C24H28BrN7O2.C24H28ClN7O2/c1-2-40-27(38)13-15-35-19-22(32-33-35)18-34(17-20-9-11-21(30)12-10-20)28(39)31-16-26(37)36-14-5-8-25(36)23-6-3-4-7-24(23)29;2*1-30-15-19(28-29-30)16-31(14-17-8-10-18(26)11-9-17)24(34)27-13-23(33)32-12-4-7-22(32)20-5-2-3-6-21(20)25/h3-4,6-7,9-12,19,25H,2,5,8,13-18,30H2,1H3,(H,31,39);2*2-3,5-6,8-11,15,22H,4,7,12-14,16,26H2,1H3,(H,27,34)/t;22-;/m.0./s1. The van der Waals surface area contributed by atoms with Crippen molar-refractivity contribution in [3.63, 3.8) is 0 Å². The van der Waals surface area contributed by atoms with Gasteiger partial charge < -0.3 is 67.3 Å². The number of ether oxygens (including phenoxy) is 1. The van der Waals surface area contributed by atoms with Gasteiger partial charge in [0.05, 0.1) is 83.2 Å². The molecule has 0 bridgehead atoms. The number of anilines is 3. The lowest BCUT2D eigenvalue weighted by Gasteiger charge is -2.27. The number of carbonyl (C=O) groups excluding carboxylic acids is 7. The van der Waals surface area contributed by atoms with Gasteiger partial charge in [0.1, 0.15) is 17.1 Å². The van der Waals surface area contributed by atoms with E-state index in [1.807, 2.05) is 119 Å². The van der Waals surface area contributed by atoms with Crippen LogP contribution in [-0.2, 0) is 83.8 Å². The molecular formula is C76H90Br2ClN21O8. The number of halogens is 3. The number of urea groups is 3. The van der Waals surface area contributed by atoms with Crippen LogP contribution in [0.25, 0.3) is 0 Å². The lowest BCUT2D eigenvalue weighted by Crippen LogP contribution is -2.45. The molecule has 0 radical (unpaired) electrons. The van der Waals surface area contributed by atoms with Gasteiger partial charge in [-0.2, -0.15) is 0 Å². The summed E-state index contributed by atoms with van der Waals surface area (Å²) in [5.41, 5.74) is 27.0. The number of nitrogens with zero attached hydrogens (tertiary/aromatic N) is 15. The quantitative estimate of drug-likeness (QED) is 0.0229. The molecule has 3 aromatic heterocycles. The average Bonchev–Trinajstić information content (AvgIpc) is 1.66.